The van der Waals surface area contributed by atoms with Gasteiger partial charge in [-0.05, 0) is 44.2 Å². The number of carbonyl (C=O) groups is 1. The quantitative estimate of drug-likeness (QED) is 0.632. The molecular formula is C22H26ClF2NO3. The molecule has 2 heterocycles. The number of benzene rings is 1. The molecule has 0 amide bonds. The third-order valence-electron chi connectivity index (χ3n) is 6.17. The minimum atomic E-state index is -2.86. The molecular weight excluding hydrogens is 400 g/mol. The van der Waals surface area contributed by atoms with Crippen molar-refractivity contribution in [2.24, 2.45) is 0 Å². The fraction of sp³-hybridized carbons (Fsp3) is 0.591. The third kappa shape index (κ3) is 4.49. The van der Waals surface area contributed by atoms with E-state index >= 15 is 0 Å². The molecule has 0 spiro atoms. The fourth-order valence-electron chi connectivity index (χ4n) is 4.71. The van der Waals surface area contributed by atoms with Crippen LogP contribution in [-0.2, 0) is 11.3 Å². The Morgan fingerprint density at radius 1 is 1.31 bits per heavy atom. The van der Waals surface area contributed by atoms with Crippen molar-refractivity contribution in [1.29, 1.82) is 0 Å². The van der Waals surface area contributed by atoms with Gasteiger partial charge in [-0.25, -0.2) is 8.78 Å². The Bertz CT molecular complexity index is 907. The Morgan fingerprint density at radius 2 is 2.14 bits per heavy atom. The van der Waals surface area contributed by atoms with Crippen LogP contribution in [0.2, 0.25) is 5.02 Å². The molecule has 1 aromatic carbocycles. The zero-order chi connectivity index (χ0) is 20.6. The van der Waals surface area contributed by atoms with Gasteiger partial charge in [-0.3, -0.25) is 4.79 Å². The smallest absolute Gasteiger partial charge is 0.250 e. The van der Waals surface area contributed by atoms with Gasteiger partial charge in [-0.15, -0.1) is 0 Å². The van der Waals surface area contributed by atoms with E-state index in [9.17, 15) is 18.7 Å². The van der Waals surface area contributed by atoms with Gasteiger partial charge in [0.2, 0.25) is 0 Å². The molecule has 1 N–H and O–H groups in total. The topological polar surface area (TPSA) is 51.5 Å². The van der Waals surface area contributed by atoms with Crippen molar-refractivity contribution >= 4 is 28.3 Å². The molecule has 2 aromatic rings. The van der Waals surface area contributed by atoms with Crippen molar-refractivity contribution in [2.75, 3.05) is 6.61 Å². The van der Waals surface area contributed by atoms with E-state index in [0.29, 0.717) is 28.9 Å². The molecule has 1 saturated heterocycles. The Labute approximate surface area is 173 Å². The van der Waals surface area contributed by atoms with Gasteiger partial charge in [0, 0.05) is 49.6 Å². The molecule has 2 aliphatic rings. The number of ether oxygens (including phenoxy) is 1. The van der Waals surface area contributed by atoms with Gasteiger partial charge in [0.1, 0.15) is 0 Å². The normalized spacial score (nSPS) is 26.8. The van der Waals surface area contributed by atoms with Crippen LogP contribution >= 0.6 is 11.6 Å². The van der Waals surface area contributed by atoms with E-state index < -0.39 is 17.9 Å². The first-order chi connectivity index (χ1) is 13.8. The second kappa shape index (κ2) is 7.97. The molecule has 2 atom stereocenters. The van der Waals surface area contributed by atoms with Gasteiger partial charge in [-0.2, -0.15) is 0 Å². The van der Waals surface area contributed by atoms with Crippen LogP contribution in [0.1, 0.15) is 61.7 Å². The zero-order valence-corrected chi connectivity index (χ0v) is 17.1. The van der Waals surface area contributed by atoms with Crippen LogP contribution in [-0.4, -0.2) is 39.7 Å². The van der Waals surface area contributed by atoms with Gasteiger partial charge in [-0.1, -0.05) is 17.7 Å². The van der Waals surface area contributed by atoms with Gasteiger partial charge in [0.05, 0.1) is 22.2 Å². The van der Waals surface area contributed by atoms with Crippen LogP contribution in [0.15, 0.2) is 24.4 Å². The van der Waals surface area contributed by atoms with Gasteiger partial charge < -0.3 is 14.4 Å². The summed E-state index contributed by atoms with van der Waals surface area (Å²) in [5, 5.41) is 11.8. The number of carbonyl (C=O) groups excluding carboxylic acids is 1. The van der Waals surface area contributed by atoms with Crippen molar-refractivity contribution in [1.82, 2.24) is 4.57 Å². The first-order valence-electron chi connectivity index (χ1n) is 10.3. The van der Waals surface area contributed by atoms with Crippen LogP contribution in [0.5, 0.6) is 0 Å². The van der Waals surface area contributed by atoms with Crippen LogP contribution in [0.25, 0.3) is 10.9 Å². The fourth-order valence-corrected chi connectivity index (χ4v) is 4.98. The number of halogens is 3. The van der Waals surface area contributed by atoms with Gasteiger partial charge in [0.25, 0.3) is 5.92 Å². The summed E-state index contributed by atoms with van der Waals surface area (Å²) >= 11 is 6.40. The molecule has 2 fully saturated rings. The van der Waals surface area contributed by atoms with Gasteiger partial charge in [0.15, 0.2) is 5.78 Å². The average Bonchev–Trinajstić information content (AvgIpc) is 3.28. The summed E-state index contributed by atoms with van der Waals surface area (Å²) in [6.45, 7) is 1.39. The van der Waals surface area contributed by atoms with Crippen molar-refractivity contribution in [3.63, 3.8) is 0 Å². The minimum absolute atomic E-state index is 0.0108. The van der Waals surface area contributed by atoms with Crippen LogP contribution in [0.4, 0.5) is 8.78 Å². The number of ketones is 1. The monoisotopic (exact) mass is 425 g/mol. The summed E-state index contributed by atoms with van der Waals surface area (Å²) in [6.07, 6.45) is 3.75. The summed E-state index contributed by atoms with van der Waals surface area (Å²) in [4.78, 5) is 13.0. The van der Waals surface area contributed by atoms with E-state index in [2.05, 4.69) is 0 Å². The Balaban J connectivity index is 1.55. The maximum absolute atomic E-state index is 13.7. The lowest BCUT2D eigenvalue weighted by molar-refractivity contribution is -0.126. The highest BCUT2D eigenvalue weighted by Crippen LogP contribution is 2.41. The Hall–Kier alpha value is -1.50. The molecule has 29 heavy (non-hydrogen) atoms. The second-order valence-corrected chi connectivity index (χ2v) is 8.91. The van der Waals surface area contributed by atoms with E-state index in [1.165, 1.54) is 0 Å². The highest BCUT2D eigenvalue weighted by Gasteiger charge is 2.44. The van der Waals surface area contributed by atoms with E-state index in [1.807, 2.05) is 16.7 Å². The largest absolute Gasteiger partial charge is 0.390 e. The van der Waals surface area contributed by atoms with E-state index in [-0.39, 0.29) is 37.6 Å². The Kier molecular flexibility index (Phi) is 5.70. The van der Waals surface area contributed by atoms with Crippen molar-refractivity contribution < 1.29 is 23.4 Å². The zero-order valence-electron chi connectivity index (χ0n) is 16.3. The summed E-state index contributed by atoms with van der Waals surface area (Å²) < 4.78 is 35.2. The second-order valence-electron chi connectivity index (χ2n) is 8.50. The lowest BCUT2D eigenvalue weighted by atomic mass is 9.79. The first-order valence-corrected chi connectivity index (χ1v) is 10.7. The third-order valence-corrected chi connectivity index (χ3v) is 6.48. The van der Waals surface area contributed by atoms with E-state index in [0.717, 1.165) is 25.0 Å². The van der Waals surface area contributed by atoms with Gasteiger partial charge >= 0.3 is 0 Å². The number of hydrogen-bond donors (Lipinski definition) is 1. The SMILES string of the molecule is O=C(CCC1(O)CCCC(F)(F)C1)c1cn(CC2CCCO2)c2cccc(Cl)c12. The highest BCUT2D eigenvalue weighted by atomic mass is 35.5. The average molecular weight is 426 g/mol. The molecule has 4 rings (SSSR count). The van der Waals surface area contributed by atoms with Crippen LogP contribution in [0.3, 0.4) is 0 Å². The maximum Gasteiger partial charge on any atom is 0.250 e. The first kappa shape index (κ1) is 20.8. The number of aliphatic hydroxyl groups is 1. The number of rotatable bonds is 6. The molecule has 1 aliphatic heterocycles. The molecule has 4 nitrogen and oxygen atoms in total. The van der Waals surface area contributed by atoms with E-state index in [4.69, 9.17) is 16.3 Å². The number of fused-ring (bicyclic) bond motifs is 1. The summed E-state index contributed by atoms with van der Waals surface area (Å²) in [6, 6.07) is 5.51. The highest BCUT2D eigenvalue weighted by molar-refractivity contribution is 6.37. The molecule has 7 heteroatoms. The lowest BCUT2D eigenvalue weighted by Gasteiger charge is -2.36. The number of aromatic nitrogens is 1. The molecule has 0 radical (unpaired) electrons. The number of nitrogens with zero attached hydrogens (tertiary/aromatic N) is 1. The molecule has 1 aliphatic carbocycles. The van der Waals surface area contributed by atoms with Crippen molar-refractivity contribution in [3.8, 4) is 0 Å². The summed E-state index contributed by atoms with van der Waals surface area (Å²) in [7, 11) is 0. The van der Waals surface area contributed by atoms with Crippen LogP contribution < -0.4 is 0 Å². The predicted molar refractivity (Wildman–Crippen MR) is 108 cm³/mol. The minimum Gasteiger partial charge on any atom is -0.390 e. The maximum atomic E-state index is 13.7. The van der Waals surface area contributed by atoms with Crippen molar-refractivity contribution in [3.05, 3.63) is 35.0 Å². The molecule has 2 unspecified atom stereocenters. The Morgan fingerprint density at radius 3 is 2.86 bits per heavy atom. The molecule has 1 aromatic heterocycles. The molecule has 0 bridgehead atoms. The summed E-state index contributed by atoms with van der Waals surface area (Å²) in [5.74, 6) is -3.05. The predicted octanol–water partition coefficient (Wildman–Crippen LogP) is 5.38. The molecule has 158 valence electrons. The standard InChI is InChI=1S/C22H26ClF2NO3/c23-17-5-1-6-18-20(17)16(13-26(18)12-15-4-2-11-29-15)19(27)7-10-21(28)8-3-9-22(24,25)14-21/h1,5-6,13,15,28H,2-4,7-12,14H2. The number of Topliss-reactive ketones (excluding diaryl/α,β-unsaturated/α-hetero) is 1. The lowest BCUT2D eigenvalue weighted by Crippen LogP contribution is -2.41. The number of hydrogen-bond acceptors (Lipinski definition) is 3. The number of alkyl halides is 2. The summed E-state index contributed by atoms with van der Waals surface area (Å²) in [5.41, 5.74) is -0.147. The van der Waals surface area contributed by atoms with E-state index in [1.54, 1.807) is 12.3 Å². The van der Waals surface area contributed by atoms with Crippen LogP contribution in [0, 0.1) is 0 Å². The molecule has 1 saturated carbocycles. The van der Waals surface area contributed by atoms with Crippen molar-refractivity contribution in [2.45, 2.75) is 75.5 Å².